The van der Waals surface area contributed by atoms with Crippen LogP contribution in [0, 0.1) is 6.92 Å². The van der Waals surface area contributed by atoms with E-state index < -0.39 is 11.7 Å². The van der Waals surface area contributed by atoms with Crippen molar-refractivity contribution in [1.29, 1.82) is 0 Å². The second-order valence-electron chi connectivity index (χ2n) is 5.26. The number of carbonyl (C=O) groups excluding carboxylic acids is 2. The van der Waals surface area contributed by atoms with Crippen molar-refractivity contribution in [3.63, 3.8) is 0 Å². The number of carbonyl (C=O) groups is 2. The van der Waals surface area contributed by atoms with Gasteiger partial charge >= 0.3 is 0 Å². The first-order valence-corrected chi connectivity index (χ1v) is 7.77. The highest BCUT2D eigenvalue weighted by atomic mass is 35.5. The lowest BCUT2D eigenvalue weighted by Gasteiger charge is -2.17. The van der Waals surface area contributed by atoms with Crippen LogP contribution in [0.5, 0.6) is 5.75 Å². The average molecular weight is 350 g/mol. The lowest BCUT2D eigenvalue weighted by Crippen LogP contribution is -2.33. The maximum atomic E-state index is 12.1. The lowest BCUT2D eigenvalue weighted by molar-refractivity contribution is -0.114. The molecule has 23 heavy (non-hydrogen) atoms. The number of amides is 1. The molecule has 0 unspecified atom stereocenters. The number of hydrogen-bond acceptors (Lipinski definition) is 3. The van der Waals surface area contributed by atoms with Gasteiger partial charge in [-0.3, -0.25) is 9.59 Å². The Morgan fingerprint density at radius 1 is 1.04 bits per heavy atom. The summed E-state index contributed by atoms with van der Waals surface area (Å²) in [6.07, 6.45) is 0. The molecule has 0 N–H and O–H groups in total. The first-order valence-electron chi connectivity index (χ1n) is 7.01. The number of ketones is 1. The Morgan fingerprint density at radius 2 is 1.74 bits per heavy atom. The number of nitrogens with zero attached hydrogens (tertiary/aromatic N) is 1. The normalized spacial score (nSPS) is 13.4. The van der Waals surface area contributed by atoms with E-state index >= 15 is 0 Å². The Morgan fingerprint density at radius 3 is 2.43 bits per heavy atom. The summed E-state index contributed by atoms with van der Waals surface area (Å²) in [7, 11) is 0. The van der Waals surface area contributed by atoms with Crippen molar-refractivity contribution in [2.45, 2.75) is 6.92 Å². The monoisotopic (exact) mass is 349 g/mol. The third-order valence-corrected chi connectivity index (χ3v) is 3.98. The van der Waals surface area contributed by atoms with E-state index in [0.29, 0.717) is 27.0 Å². The maximum absolute atomic E-state index is 12.1. The van der Waals surface area contributed by atoms with Gasteiger partial charge < -0.3 is 9.64 Å². The minimum Gasteiger partial charge on any atom is -0.492 e. The molecule has 1 heterocycles. The van der Waals surface area contributed by atoms with Crippen molar-refractivity contribution >= 4 is 40.6 Å². The highest BCUT2D eigenvalue weighted by Crippen LogP contribution is 2.29. The van der Waals surface area contributed by atoms with Gasteiger partial charge in [0.25, 0.3) is 11.7 Å². The molecular weight excluding hydrogens is 337 g/mol. The van der Waals surface area contributed by atoms with Gasteiger partial charge in [0.15, 0.2) is 0 Å². The molecule has 4 nitrogen and oxygen atoms in total. The topological polar surface area (TPSA) is 46.6 Å². The largest absolute Gasteiger partial charge is 0.492 e. The molecule has 0 saturated heterocycles. The van der Waals surface area contributed by atoms with Crippen molar-refractivity contribution in [3.8, 4) is 5.75 Å². The molecule has 0 bridgehead atoms. The zero-order valence-electron chi connectivity index (χ0n) is 12.3. The number of anilines is 1. The minimum atomic E-state index is -0.529. The van der Waals surface area contributed by atoms with Gasteiger partial charge in [-0.1, -0.05) is 34.8 Å². The van der Waals surface area contributed by atoms with E-state index in [1.165, 1.54) is 4.90 Å². The van der Waals surface area contributed by atoms with Gasteiger partial charge in [0, 0.05) is 10.0 Å². The molecule has 1 aliphatic heterocycles. The molecule has 1 aliphatic rings. The second kappa shape index (κ2) is 6.22. The number of halogens is 2. The van der Waals surface area contributed by atoms with E-state index in [1.807, 2.05) is 13.0 Å². The molecule has 0 fully saturated rings. The molecule has 0 saturated carbocycles. The van der Waals surface area contributed by atoms with Gasteiger partial charge in [-0.25, -0.2) is 0 Å². The van der Waals surface area contributed by atoms with Crippen LogP contribution in [0.2, 0.25) is 10.0 Å². The summed E-state index contributed by atoms with van der Waals surface area (Å²) in [5.74, 6) is -0.488. The fourth-order valence-electron chi connectivity index (χ4n) is 2.50. The van der Waals surface area contributed by atoms with E-state index in [1.54, 1.807) is 30.3 Å². The number of fused-ring (bicyclic) bond motifs is 1. The quantitative estimate of drug-likeness (QED) is 0.786. The van der Waals surface area contributed by atoms with Gasteiger partial charge in [0.2, 0.25) is 0 Å². The van der Waals surface area contributed by atoms with Gasteiger partial charge in [-0.15, -0.1) is 0 Å². The molecule has 0 spiro atoms. The van der Waals surface area contributed by atoms with E-state index in [2.05, 4.69) is 0 Å². The summed E-state index contributed by atoms with van der Waals surface area (Å²) >= 11 is 11.8. The Bertz CT molecular complexity index is 784. The van der Waals surface area contributed by atoms with Crippen LogP contribution in [0.25, 0.3) is 0 Å². The predicted octanol–water partition coefficient (Wildman–Crippen LogP) is 3.91. The van der Waals surface area contributed by atoms with Gasteiger partial charge in [0.1, 0.15) is 12.4 Å². The highest BCUT2D eigenvalue weighted by Gasteiger charge is 2.35. The van der Waals surface area contributed by atoms with Crippen LogP contribution < -0.4 is 9.64 Å². The fraction of sp³-hybridized carbons (Fsp3) is 0.176. The first kappa shape index (κ1) is 15.8. The summed E-state index contributed by atoms with van der Waals surface area (Å²) in [5, 5.41) is 0.946. The zero-order valence-corrected chi connectivity index (χ0v) is 13.8. The molecule has 2 aromatic carbocycles. The number of ether oxygens (including phenoxy) is 1. The Balaban J connectivity index is 1.72. The zero-order chi connectivity index (χ0) is 16.6. The molecular formula is C17H13Cl2NO3. The van der Waals surface area contributed by atoms with Crippen LogP contribution in [-0.4, -0.2) is 24.8 Å². The van der Waals surface area contributed by atoms with Crippen molar-refractivity contribution in [1.82, 2.24) is 0 Å². The number of aryl methyl sites for hydroxylation is 1. The summed E-state index contributed by atoms with van der Waals surface area (Å²) in [6, 6.07) is 10.3. The van der Waals surface area contributed by atoms with Crippen molar-refractivity contribution in [3.05, 3.63) is 57.6 Å². The summed E-state index contributed by atoms with van der Waals surface area (Å²) in [5.41, 5.74) is 2.01. The summed E-state index contributed by atoms with van der Waals surface area (Å²) in [4.78, 5) is 25.6. The van der Waals surface area contributed by atoms with Crippen LogP contribution in [0.1, 0.15) is 15.9 Å². The second-order valence-corrected chi connectivity index (χ2v) is 6.13. The maximum Gasteiger partial charge on any atom is 0.299 e. The van der Waals surface area contributed by atoms with E-state index in [0.717, 1.165) is 5.56 Å². The third-order valence-electron chi connectivity index (χ3n) is 3.55. The highest BCUT2D eigenvalue weighted by molar-refractivity contribution is 6.52. The van der Waals surface area contributed by atoms with Crippen molar-refractivity contribution in [2.24, 2.45) is 0 Å². The first-order chi connectivity index (χ1) is 11.0. The third kappa shape index (κ3) is 3.19. The number of hydrogen-bond donors (Lipinski definition) is 0. The lowest BCUT2D eigenvalue weighted by atomic mass is 10.1. The van der Waals surface area contributed by atoms with Gasteiger partial charge in [-0.2, -0.15) is 0 Å². The molecule has 0 atom stereocenters. The predicted molar refractivity (Wildman–Crippen MR) is 89.8 cm³/mol. The average Bonchev–Trinajstić information content (AvgIpc) is 2.71. The van der Waals surface area contributed by atoms with Gasteiger partial charge in [-0.05, 0) is 37.3 Å². The van der Waals surface area contributed by atoms with Crippen LogP contribution >= 0.6 is 23.2 Å². The Kier molecular flexibility index (Phi) is 4.28. The summed E-state index contributed by atoms with van der Waals surface area (Å²) < 4.78 is 5.58. The van der Waals surface area contributed by atoms with Crippen LogP contribution in [0.15, 0.2) is 36.4 Å². The van der Waals surface area contributed by atoms with Gasteiger partial charge in [0.05, 0.1) is 17.8 Å². The molecule has 2 aromatic rings. The number of rotatable bonds is 4. The molecule has 0 aromatic heterocycles. The van der Waals surface area contributed by atoms with E-state index in [4.69, 9.17) is 27.9 Å². The molecule has 3 rings (SSSR count). The SMILES string of the molecule is Cc1ccc2c(c1)C(=O)C(=O)N2CCOc1cc(Cl)cc(Cl)c1. The summed E-state index contributed by atoms with van der Waals surface area (Å²) in [6.45, 7) is 2.38. The van der Waals surface area contributed by atoms with Crippen molar-refractivity contribution < 1.29 is 14.3 Å². The molecule has 0 aliphatic carbocycles. The molecule has 1 amide bonds. The van der Waals surface area contributed by atoms with E-state index in [-0.39, 0.29) is 13.2 Å². The smallest absolute Gasteiger partial charge is 0.299 e. The minimum absolute atomic E-state index is 0.225. The molecule has 6 heteroatoms. The number of Topliss-reactive ketones (excluding diaryl/α,β-unsaturated/α-hetero) is 1. The van der Waals surface area contributed by atoms with Crippen molar-refractivity contribution in [2.75, 3.05) is 18.1 Å². The van der Waals surface area contributed by atoms with E-state index in [9.17, 15) is 9.59 Å². The Labute approximate surface area is 143 Å². The number of benzene rings is 2. The standard InChI is InChI=1S/C17H13Cl2NO3/c1-10-2-3-15-14(6-10)16(21)17(22)20(15)4-5-23-13-8-11(18)7-12(19)9-13/h2-3,6-9H,4-5H2,1H3. The molecule has 118 valence electrons. The van der Waals surface area contributed by atoms with Crippen LogP contribution in [0.4, 0.5) is 5.69 Å². The van der Waals surface area contributed by atoms with Crippen LogP contribution in [0.3, 0.4) is 0 Å². The Hall–Kier alpha value is -2.04. The van der Waals surface area contributed by atoms with Crippen LogP contribution in [-0.2, 0) is 4.79 Å². The fourth-order valence-corrected chi connectivity index (χ4v) is 3.01. The molecule has 0 radical (unpaired) electrons.